The second kappa shape index (κ2) is 4.69. The van der Waals surface area contributed by atoms with Gasteiger partial charge in [-0.3, -0.25) is 10.1 Å². The molecule has 120 valence electrons. The Balaban J connectivity index is 1.66. The van der Waals surface area contributed by atoms with Crippen LogP contribution in [0.25, 0.3) is 0 Å². The third-order valence-electron chi connectivity index (χ3n) is 6.86. The Bertz CT molecular complexity index is 445. The van der Waals surface area contributed by atoms with Crippen LogP contribution in [-0.4, -0.2) is 35.4 Å². The lowest BCUT2D eigenvalue weighted by molar-refractivity contribution is -0.150. The van der Waals surface area contributed by atoms with Crippen LogP contribution < -0.4 is 5.32 Å². The molecule has 0 aromatic heterocycles. The first-order valence-electron chi connectivity index (χ1n) is 8.32. The topological polar surface area (TPSA) is 58.6 Å². The van der Waals surface area contributed by atoms with Crippen molar-refractivity contribution in [1.82, 2.24) is 5.32 Å². The van der Waals surface area contributed by atoms with E-state index in [1.807, 2.05) is 0 Å². The second-order valence-corrected chi connectivity index (χ2v) is 8.47. The van der Waals surface area contributed by atoms with Gasteiger partial charge in [0.05, 0.1) is 12.7 Å². The van der Waals surface area contributed by atoms with E-state index in [9.17, 15) is 9.90 Å². The van der Waals surface area contributed by atoms with E-state index in [4.69, 9.17) is 4.74 Å². The highest BCUT2D eigenvalue weighted by molar-refractivity contribution is 5.78. The van der Waals surface area contributed by atoms with Gasteiger partial charge in [-0.15, -0.1) is 0 Å². The molecule has 0 radical (unpaired) electrons. The first kappa shape index (κ1) is 15.3. The lowest BCUT2D eigenvalue weighted by atomic mass is 9.70. The van der Waals surface area contributed by atoms with Crippen LogP contribution in [0.5, 0.6) is 0 Å². The van der Waals surface area contributed by atoms with E-state index in [0.29, 0.717) is 11.5 Å². The summed E-state index contributed by atoms with van der Waals surface area (Å²) in [5.41, 5.74) is -0.457. The van der Waals surface area contributed by atoms with Crippen LogP contribution in [0.2, 0.25) is 0 Å². The van der Waals surface area contributed by atoms with E-state index < -0.39 is 11.5 Å². The molecule has 2 N–H and O–H groups in total. The molecule has 0 aliphatic heterocycles. The second-order valence-electron chi connectivity index (χ2n) is 8.47. The van der Waals surface area contributed by atoms with Gasteiger partial charge in [-0.1, -0.05) is 20.8 Å². The standard InChI is InChI=1S/C17H29NO3/c1-15(2)11-7-8-16(15,3)13(9-11)21-10-17(4,14(19)20)18-12-5-6-12/h11-13,18H,5-10H2,1-4H3,(H,19,20). The minimum Gasteiger partial charge on any atom is -0.480 e. The summed E-state index contributed by atoms with van der Waals surface area (Å²) in [7, 11) is 0. The molecule has 3 rings (SSSR count). The molecule has 0 heterocycles. The summed E-state index contributed by atoms with van der Waals surface area (Å²) in [6, 6.07) is 0.363. The van der Waals surface area contributed by atoms with Gasteiger partial charge in [-0.25, -0.2) is 0 Å². The Labute approximate surface area is 127 Å². The van der Waals surface area contributed by atoms with Gasteiger partial charge >= 0.3 is 5.97 Å². The van der Waals surface area contributed by atoms with E-state index in [-0.39, 0.29) is 18.1 Å². The van der Waals surface area contributed by atoms with Crippen molar-refractivity contribution in [3.8, 4) is 0 Å². The predicted molar refractivity (Wildman–Crippen MR) is 81.2 cm³/mol. The van der Waals surface area contributed by atoms with Crippen LogP contribution in [0.4, 0.5) is 0 Å². The third-order valence-corrected chi connectivity index (χ3v) is 6.86. The number of ether oxygens (including phenoxy) is 1. The molecule has 0 aromatic rings. The Hall–Kier alpha value is -0.610. The van der Waals surface area contributed by atoms with Gasteiger partial charge < -0.3 is 9.84 Å². The largest absolute Gasteiger partial charge is 0.480 e. The van der Waals surface area contributed by atoms with Gasteiger partial charge in [0, 0.05) is 6.04 Å². The average molecular weight is 295 g/mol. The van der Waals surface area contributed by atoms with Crippen LogP contribution in [0.15, 0.2) is 0 Å². The first-order chi connectivity index (χ1) is 9.69. The molecule has 0 amide bonds. The summed E-state index contributed by atoms with van der Waals surface area (Å²) in [4.78, 5) is 11.6. The molecule has 4 unspecified atom stereocenters. The molecule has 4 heteroatoms. The van der Waals surface area contributed by atoms with E-state index in [2.05, 4.69) is 26.1 Å². The number of carboxylic acids is 1. The Morgan fingerprint density at radius 2 is 2.00 bits per heavy atom. The highest BCUT2D eigenvalue weighted by Gasteiger charge is 2.62. The monoisotopic (exact) mass is 295 g/mol. The number of hydrogen-bond donors (Lipinski definition) is 2. The number of hydrogen-bond acceptors (Lipinski definition) is 3. The SMILES string of the molecule is CC(COC1CC2CCC1(C)C2(C)C)(NC1CC1)C(=O)O. The zero-order valence-corrected chi connectivity index (χ0v) is 13.7. The quantitative estimate of drug-likeness (QED) is 0.791. The van der Waals surface area contributed by atoms with E-state index >= 15 is 0 Å². The summed E-state index contributed by atoms with van der Waals surface area (Å²) in [5, 5.41) is 12.8. The molecule has 2 bridgehead atoms. The summed E-state index contributed by atoms with van der Waals surface area (Å²) in [5.74, 6) is -0.0815. The maximum absolute atomic E-state index is 11.6. The maximum Gasteiger partial charge on any atom is 0.326 e. The van der Waals surface area contributed by atoms with Crippen molar-refractivity contribution in [3.63, 3.8) is 0 Å². The molecule has 3 aliphatic rings. The van der Waals surface area contributed by atoms with E-state index in [1.54, 1.807) is 6.92 Å². The van der Waals surface area contributed by atoms with Gasteiger partial charge in [0.1, 0.15) is 5.54 Å². The molecule has 4 nitrogen and oxygen atoms in total. The number of aliphatic carboxylic acids is 1. The molecule has 0 aromatic carbocycles. The minimum absolute atomic E-state index is 0.191. The fourth-order valence-electron chi connectivity index (χ4n) is 4.49. The lowest BCUT2D eigenvalue weighted by Crippen LogP contribution is -2.55. The van der Waals surface area contributed by atoms with Crippen molar-refractivity contribution < 1.29 is 14.6 Å². The van der Waals surface area contributed by atoms with E-state index in [0.717, 1.165) is 25.2 Å². The summed E-state index contributed by atoms with van der Waals surface area (Å²) >= 11 is 0. The van der Waals surface area contributed by atoms with Crippen molar-refractivity contribution >= 4 is 5.97 Å². The maximum atomic E-state index is 11.6. The summed E-state index contributed by atoms with van der Waals surface area (Å²) in [6.07, 6.45) is 5.95. The molecule has 3 aliphatic carbocycles. The Morgan fingerprint density at radius 3 is 2.43 bits per heavy atom. The van der Waals surface area contributed by atoms with Crippen LogP contribution in [0.3, 0.4) is 0 Å². The van der Waals surface area contributed by atoms with Gasteiger partial charge in [-0.2, -0.15) is 0 Å². The van der Waals surface area contributed by atoms with Gasteiger partial charge in [0.25, 0.3) is 0 Å². The van der Waals surface area contributed by atoms with Crippen molar-refractivity contribution in [3.05, 3.63) is 0 Å². The average Bonchev–Trinajstić information content (AvgIpc) is 3.14. The van der Waals surface area contributed by atoms with Crippen LogP contribution in [0.1, 0.15) is 59.8 Å². The third kappa shape index (κ3) is 2.31. The predicted octanol–water partition coefficient (Wildman–Crippen LogP) is 2.81. The summed E-state index contributed by atoms with van der Waals surface area (Å²) < 4.78 is 6.19. The highest BCUT2D eigenvalue weighted by atomic mass is 16.5. The molecule has 3 fully saturated rings. The Kier molecular flexibility index (Phi) is 3.42. The fourth-order valence-corrected chi connectivity index (χ4v) is 4.49. The lowest BCUT2D eigenvalue weighted by Gasteiger charge is -2.40. The molecular formula is C17H29NO3. The van der Waals surface area contributed by atoms with Crippen LogP contribution in [-0.2, 0) is 9.53 Å². The highest BCUT2D eigenvalue weighted by Crippen LogP contribution is 2.66. The first-order valence-corrected chi connectivity index (χ1v) is 8.32. The fraction of sp³-hybridized carbons (Fsp3) is 0.941. The number of rotatable bonds is 6. The molecule has 0 saturated heterocycles. The Morgan fingerprint density at radius 1 is 1.33 bits per heavy atom. The molecular weight excluding hydrogens is 266 g/mol. The van der Waals surface area contributed by atoms with Crippen molar-refractivity contribution in [2.24, 2.45) is 16.7 Å². The smallest absolute Gasteiger partial charge is 0.326 e. The number of nitrogens with one attached hydrogen (secondary N) is 1. The zero-order chi connectivity index (χ0) is 15.5. The molecule has 0 spiro atoms. The van der Waals surface area contributed by atoms with Crippen LogP contribution in [0, 0.1) is 16.7 Å². The number of carboxylic acid groups (broad SMARTS) is 1. The molecule has 4 atom stereocenters. The number of fused-ring (bicyclic) bond motifs is 2. The number of carbonyl (C=O) groups is 1. The van der Waals surface area contributed by atoms with Crippen molar-refractivity contribution in [2.45, 2.75) is 77.5 Å². The summed E-state index contributed by atoms with van der Waals surface area (Å²) in [6.45, 7) is 9.06. The van der Waals surface area contributed by atoms with Gasteiger partial charge in [-0.05, 0) is 55.8 Å². The minimum atomic E-state index is -0.955. The normalized spacial score (nSPS) is 40.2. The van der Waals surface area contributed by atoms with Gasteiger partial charge in [0.15, 0.2) is 0 Å². The molecule has 21 heavy (non-hydrogen) atoms. The molecule has 3 saturated carbocycles. The zero-order valence-electron chi connectivity index (χ0n) is 13.7. The van der Waals surface area contributed by atoms with E-state index in [1.165, 1.54) is 12.8 Å². The van der Waals surface area contributed by atoms with Gasteiger partial charge in [0.2, 0.25) is 0 Å². The van der Waals surface area contributed by atoms with Crippen molar-refractivity contribution in [1.29, 1.82) is 0 Å². The van der Waals surface area contributed by atoms with Crippen LogP contribution >= 0.6 is 0 Å². The van der Waals surface area contributed by atoms with Crippen molar-refractivity contribution in [2.75, 3.05) is 6.61 Å².